The molecule has 3 heteroatoms. The highest BCUT2D eigenvalue weighted by Crippen LogP contribution is 2.27. The summed E-state index contributed by atoms with van der Waals surface area (Å²) in [7, 11) is 0. The minimum atomic E-state index is 0.690. The molecule has 0 saturated carbocycles. The largest absolute Gasteiger partial charge is 0.494 e. The van der Waals surface area contributed by atoms with E-state index in [9.17, 15) is 0 Å². The van der Waals surface area contributed by atoms with E-state index in [1.807, 2.05) is 37.3 Å². The van der Waals surface area contributed by atoms with Crippen molar-refractivity contribution in [1.29, 1.82) is 0 Å². The van der Waals surface area contributed by atoms with Crippen LogP contribution in [0.1, 0.15) is 18.1 Å². The molecular weight excluding hydrogens is 312 g/mol. The molecule has 0 radical (unpaired) electrons. The lowest BCUT2D eigenvalue weighted by Gasteiger charge is -2.08. The first kappa shape index (κ1) is 13.4. The van der Waals surface area contributed by atoms with Crippen LogP contribution in [0.25, 0.3) is 0 Å². The molecule has 0 amide bonds. The Labute approximate surface area is 121 Å². The van der Waals surface area contributed by atoms with Crippen molar-refractivity contribution in [2.45, 2.75) is 13.3 Å². The van der Waals surface area contributed by atoms with E-state index in [-0.39, 0.29) is 0 Å². The second-order valence-electron chi connectivity index (χ2n) is 3.95. The maximum absolute atomic E-state index is 6.21. The zero-order chi connectivity index (χ0) is 13.0. The Balaban J connectivity index is 2.18. The van der Waals surface area contributed by atoms with Gasteiger partial charge in [0.25, 0.3) is 0 Å². The molecule has 0 spiro atoms. The average molecular weight is 326 g/mol. The molecular formula is C15H14BrClO. The average Bonchev–Trinajstić information content (AvgIpc) is 2.36. The molecule has 94 valence electrons. The van der Waals surface area contributed by atoms with Crippen LogP contribution in [-0.4, -0.2) is 6.61 Å². The first-order valence-corrected chi connectivity index (χ1v) is 7.02. The monoisotopic (exact) mass is 324 g/mol. The van der Waals surface area contributed by atoms with E-state index in [0.717, 1.165) is 27.2 Å². The molecule has 18 heavy (non-hydrogen) atoms. The lowest BCUT2D eigenvalue weighted by molar-refractivity contribution is 0.340. The summed E-state index contributed by atoms with van der Waals surface area (Å²) in [5, 5.41) is 0.790. The van der Waals surface area contributed by atoms with Crippen LogP contribution in [0.3, 0.4) is 0 Å². The predicted molar refractivity (Wildman–Crippen MR) is 79.6 cm³/mol. The molecule has 0 aliphatic rings. The van der Waals surface area contributed by atoms with E-state index in [1.165, 1.54) is 5.56 Å². The highest BCUT2D eigenvalue weighted by Gasteiger charge is 2.06. The standard InChI is InChI=1S/C15H14BrClO/c1-2-18-12-8-6-11(7-9-12)10-13-14(16)4-3-5-15(13)17/h3-9H,2,10H2,1H3. The van der Waals surface area contributed by atoms with Crippen LogP contribution in [0.2, 0.25) is 5.02 Å². The summed E-state index contributed by atoms with van der Waals surface area (Å²) in [6.07, 6.45) is 0.812. The van der Waals surface area contributed by atoms with Gasteiger partial charge in [0.05, 0.1) is 6.61 Å². The second-order valence-corrected chi connectivity index (χ2v) is 5.22. The van der Waals surface area contributed by atoms with Crippen molar-refractivity contribution in [2.75, 3.05) is 6.61 Å². The summed E-state index contributed by atoms with van der Waals surface area (Å²) >= 11 is 9.74. The topological polar surface area (TPSA) is 9.23 Å². The Morgan fingerprint density at radius 1 is 1.11 bits per heavy atom. The molecule has 1 nitrogen and oxygen atoms in total. The normalized spacial score (nSPS) is 10.4. The van der Waals surface area contributed by atoms with Crippen LogP contribution in [0.15, 0.2) is 46.9 Å². The van der Waals surface area contributed by atoms with Gasteiger partial charge in [-0.15, -0.1) is 0 Å². The molecule has 2 rings (SSSR count). The number of ether oxygens (including phenoxy) is 1. The fraction of sp³-hybridized carbons (Fsp3) is 0.200. The third-order valence-corrected chi connectivity index (χ3v) is 3.77. The molecule has 0 saturated heterocycles. The van der Waals surface area contributed by atoms with Gasteiger partial charge in [-0.05, 0) is 42.3 Å². The molecule has 0 fully saturated rings. The summed E-state index contributed by atoms with van der Waals surface area (Å²) in [6.45, 7) is 2.67. The Bertz CT molecular complexity index is 502. The summed E-state index contributed by atoms with van der Waals surface area (Å²) in [5.41, 5.74) is 2.33. The van der Waals surface area contributed by atoms with Gasteiger partial charge in [-0.25, -0.2) is 0 Å². The number of halogens is 2. The van der Waals surface area contributed by atoms with Crippen molar-refractivity contribution in [3.8, 4) is 5.75 Å². The summed E-state index contributed by atoms with van der Waals surface area (Å²) in [5.74, 6) is 0.902. The molecule has 0 heterocycles. The van der Waals surface area contributed by atoms with Crippen LogP contribution < -0.4 is 4.74 Å². The first-order chi connectivity index (χ1) is 8.70. The van der Waals surface area contributed by atoms with E-state index in [2.05, 4.69) is 28.1 Å². The van der Waals surface area contributed by atoms with Gasteiger partial charge in [0.2, 0.25) is 0 Å². The van der Waals surface area contributed by atoms with Gasteiger partial charge in [-0.1, -0.05) is 45.7 Å². The molecule has 0 atom stereocenters. The summed E-state index contributed by atoms with van der Waals surface area (Å²) < 4.78 is 6.47. The van der Waals surface area contributed by atoms with Crippen LogP contribution in [0, 0.1) is 0 Å². The molecule has 0 aliphatic heterocycles. The van der Waals surface area contributed by atoms with Crippen LogP contribution in [-0.2, 0) is 6.42 Å². The van der Waals surface area contributed by atoms with Gasteiger partial charge >= 0.3 is 0 Å². The van der Waals surface area contributed by atoms with Gasteiger partial charge in [-0.3, -0.25) is 0 Å². The van der Waals surface area contributed by atoms with Crippen LogP contribution in [0.5, 0.6) is 5.75 Å². The Hall–Kier alpha value is -0.990. The van der Waals surface area contributed by atoms with Crippen molar-refractivity contribution in [1.82, 2.24) is 0 Å². The number of benzene rings is 2. The maximum atomic E-state index is 6.21. The molecule has 0 bridgehead atoms. The minimum absolute atomic E-state index is 0.690. The summed E-state index contributed by atoms with van der Waals surface area (Å²) in [6, 6.07) is 14.0. The SMILES string of the molecule is CCOc1ccc(Cc2c(Cl)cccc2Br)cc1. The zero-order valence-electron chi connectivity index (χ0n) is 10.1. The zero-order valence-corrected chi connectivity index (χ0v) is 12.5. The fourth-order valence-corrected chi connectivity index (χ4v) is 2.64. The third kappa shape index (κ3) is 3.27. The molecule has 0 unspecified atom stereocenters. The van der Waals surface area contributed by atoms with Gasteiger partial charge in [-0.2, -0.15) is 0 Å². The highest BCUT2D eigenvalue weighted by atomic mass is 79.9. The quantitative estimate of drug-likeness (QED) is 0.760. The van der Waals surface area contributed by atoms with Crippen molar-refractivity contribution in [3.05, 3.63) is 63.1 Å². The Morgan fingerprint density at radius 2 is 1.83 bits per heavy atom. The van der Waals surface area contributed by atoms with Gasteiger partial charge in [0.1, 0.15) is 5.75 Å². The Morgan fingerprint density at radius 3 is 2.44 bits per heavy atom. The third-order valence-electron chi connectivity index (χ3n) is 2.68. The molecule has 2 aromatic rings. The van der Waals surface area contributed by atoms with Crippen molar-refractivity contribution < 1.29 is 4.74 Å². The minimum Gasteiger partial charge on any atom is -0.494 e. The first-order valence-electron chi connectivity index (χ1n) is 5.85. The fourth-order valence-electron chi connectivity index (χ4n) is 1.78. The van der Waals surface area contributed by atoms with E-state index >= 15 is 0 Å². The molecule has 2 aromatic carbocycles. The number of rotatable bonds is 4. The Kier molecular flexibility index (Phi) is 4.67. The molecule has 0 aliphatic carbocycles. The molecule has 0 N–H and O–H groups in total. The number of hydrogen-bond donors (Lipinski definition) is 0. The second kappa shape index (κ2) is 6.26. The van der Waals surface area contributed by atoms with E-state index in [1.54, 1.807) is 0 Å². The van der Waals surface area contributed by atoms with Crippen LogP contribution >= 0.6 is 27.5 Å². The maximum Gasteiger partial charge on any atom is 0.119 e. The number of hydrogen-bond acceptors (Lipinski definition) is 1. The lowest BCUT2D eigenvalue weighted by Crippen LogP contribution is -1.93. The van der Waals surface area contributed by atoms with Gasteiger partial charge < -0.3 is 4.74 Å². The van der Waals surface area contributed by atoms with Gasteiger partial charge in [0, 0.05) is 15.9 Å². The van der Waals surface area contributed by atoms with E-state index in [4.69, 9.17) is 16.3 Å². The van der Waals surface area contributed by atoms with Crippen LogP contribution in [0.4, 0.5) is 0 Å². The summed E-state index contributed by atoms with van der Waals surface area (Å²) in [4.78, 5) is 0. The van der Waals surface area contributed by atoms with Crippen molar-refractivity contribution in [3.63, 3.8) is 0 Å². The smallest absolute Gasteiger partial charge is 0.119 e. The highest BCUT2D eigenvalue weighted by molar-refractivity contribution is 9.10. The van der Waals surface area contributed by atoms with E-state index in [0.29, 0.717) is 6.61 Å². The van der Waals surface area contributed by atoms with Gasteiger partial charge in [0.15, 0.2) is 0 Å². The lowest BCUT2D eigenvalue weighted by atomic mass is 10.0. The van der Waals surface area contributed by atoms with Crippen molar-refractivity contribution >= 4 is 27.5 Å². The van der Waals surface area contributed by atoms with Crippen molar-refractivity contribution in [2.24, 2.45) is 0 Å². The van der Waals surface area contributed by atoms with E-state index < -0.39 is 0 Å². The predicted octanol–water partition coefficient (Wildman–Crippen LogP) is 5.09. The molecule has 0 aromatic heterocycles.